The maximum atomic E-state index is 12.7. The molecule has 3 rings (SSSR count). The normalized spacial score (nSPS) is 10.8. The number of H-pyrrole nitrogens is 1. The van der Waals surface area contributed by atoms with Crippen molar-refractivity contribution in [2.24, 2.45) is 0 Å². The predicted molar refractivity (Wildman–Crippen MR) is 109 cm³/mol. The summed E-state index contributed by atoms with van der Waals surface area (Å²) in [6.45, 7) is 4.58. The Morgan fingerprint density at radius 2 is 1.93 bits per heavy atom. The summed E-state index contributed by atoms with van der Waals surface area (Å²) in [5, 5.41) is 4.42. The molecule has 2 aromatic carbocycles. The number of aromatic nitrogens is 1. The number of hydrogen-bond donors (Lipinski definition) is 2. The zero-order valence-electron chi connectivity index (χ0n) is 15.0. The minimum Gasteiger partial charge on any atom is -0.349 e. The van der Waals surface area contributed by atoms with E-state index in [4.69, 9.17) is 23.2 Å². The van der Waals surface area contributed by atoms with Gasteiger partial charge < -0.3 is 15.2 Å². The smallest absolute Gasteiger partial charge is 0.273 e. The van der Waals surface area contributed by atoms with Crippen molar-refractivity contribution in [3.63, 3.8) is 0 Å². The lowest BCUT2D eigenvalue weighted by Crippen LogP contribution is -2.27. The highest BCUT2D eigenvalue weighted by atomic mass is 35.5. The fraction of sp³-hybridized carbons (Fsp3) is 0.200. The molecule has 1 heterocycles. The monoisotopic (exact) mass is 403 g/mol. The zero-order valence-corrected chi connectivity index (χ0v) is 16.5. The number of hydrogen-bond acceptors (Lipinski definition) is 2. The van der Waals surface area contributed by atoms with Gasteiger partial charge in [-0.2, -0.15) is 0 Å². The maximum absolute atomic E-state index is 12.7. The average molecular weight is 404 g/mol. The summed E-state index contributed by atoms with van der Waals surface area (Å²) in [5.41, 5.74) is 2.57. The third-order valence-electron chi connectivity index (χ3n) is 4.31. The zero-order chi connectivity index (χ0) is 19.6. The van der Waals surface area contributed by atoms with Gasteiger partial charge in [0.25, 0.3) is 5.91 Å². The van der Waals surface area contributed by atoms with Crippen molar-refractivity contribution < 1.29 is 9.59 Å². The first-order chi connectivity index (χ1) is 12.9. The number of carbonyl (C=O) groups excluding carboxylic acids is 2. The van der Waals surface area contributed by atoms with Gasteiger partial charge in [0.2, 0.25) is 5.91 Å². The topological polar surface area (TPSA) is 65.2 Å². The van der Waals surface area contributed by atoms with E-state index in [9.17, 15) is 9.59 Å². The highest BCUT2D eigenvalue weighted by Gasteiger charge is 2.17. The molecule has 1 aromatic heterocycles. The standard InChI is InChI=1S/C20H19Cl2N3O2/c1-3-25(12(2)26)11-13-5-4-6-15(9-13)23-20(27)19-18(22)16-10-14(21)7-8-17(16)24-19/h4-10,24H,3,11H2,1-2H3,(H,23,27). The number of carbonyl (C=O) groups is 2. The average Bonchev–Trinajstić information content (AvgIpc) is 2.96. The molecule has 3 aromatic rings. The summed E-state index contributed by atoms with van der Waals surface area (Å²) in [7, 11) is 0. The van der Waals surface area contributed by atoms with E-state index in [1.807, 2.05) is 25.1 Å². The first kappa shape index (κ1) is 19.3. The number of rotatable bonds is 5. The molecule has 5 nitrogen and oxygen atoms in total. The Morgan fingerprint density at radius 1 is 1.15 bits per heavy atom. The van der Waals surface area contributed by atoms with Gasteiger partial charge in [0.05, 0.1) is 5.02 Å². The molecular weight excluding hydrogens is 385 g/mol. The van der Waals surface area contributed by atoms with Crippen molar-refractivity contribution in [3.05, 3.63) is 63.8 Å². The Hall–Kier alpha value is -2.50. The maximum Gasteiger partial charge on any atom is 0.273 e. The molecule has 2 amide bonds. The Balaban J connectivity index is 1.81. The molecule has 0 aliphatic heterocycles. The lowest BCUT2D eigenvalue weighted by Gasteiger charge is -2.19. The van der Waals surface area contributed by atoms with Gasteiger partial charge in [0.15, 0.2) is 0 Å². The van der Waals surface area contributed by atoms with Crippen LogP contribution in [-0.2, 0) is 11.3 Å². The molecule has 0 atom stereocenters. The summed E-state index contributed by atoms with van der Waals surface area (Å²) in [4.78, 5) is 29.0. The van der Waals surface area contributed by atoms with Gasteiger partial charge in [-0.15, -0.1) is 0 Å². The van der Waals surface area contributed by atoms with Gasteiger partial charge >= 0.3 is 0 Å². The van der Waals surface area contributed by atoms with Crippen LogP contribution in [0.25, 0.3) is 10.9 Å². The molecule has 7 heteroatoms. The van der Waals surface area contributed by atoms with E-state index in [0.717, 1.165) is 11.1 Å². The molecule has 0 saturated heterocycles. The molecule has 0 unspecified atom stereocenters. The minimum atomic E-state index is -0.344. The number of nitrogens with zero attached hydrogens (tertiary/aromatic N) is 1. The van der Waals surface area contributed by atoms with E-state index in [1.54, 1.807) is 36.1 Å². The molecule has 0 spiro atoms. The Labute approximate surface area is 167 Å². The molecule has 0 bridgehead atoms. The fourth-order valence-corrected chi connectivity index (χ4v) is 3.36. The van der Waals surface area contributed by atoms with Crippen LogP contribution < -0.4 is 5.32 Å². The van der Waals surface area contributed by atoms with Gasteiger partial charge in [-0.1, -0.05) is 35.3 Å². The molecule has 2 N–H and O–H groups in total. The van der Waals surface area contributed by atoms with Crippen molar-refractivity contribution in [2.45, 2.75) is 20.4 Å². The van der Waals surface area contributed by atoms with Crippen LogP contribution in [0.3, 0.4) is 0 Å². The lowest BCUT2D eigenvalue weighted by molar-refractivity contribution is -0.129. The first-order valence-electron chi connectivity index (χ1n) is 8.51. The number of aromatic amines is 1. The Kier molecular flexibility index (Phi) is 5.73. The van der Waals surface area contributed by atoms with Crippen LogP contribution in [0.15, 0.2) is 42.5 Å². The van der Waals surface area contributed by atoms with Crippen LogP contribution in [0.1, 0.15) is 29.9 Å². The van der Waals surface area contributed by atoms with Crippen molar-refractivity contribution >= 4 is 51.6 Å². The van der Waals surface area contributed by atoms with Crippen LogP contribution >= 0.6 is 23.2 Å². The minimum absolute atomic E-state index is 0.00968. The summed E-state index contributed by atoms with van der Waals surface area (Å²) in [6, 6.07) is 12.6. The molecule has 0 aliphatic carbocycles. The van der Waals surface area contributed by atoms with Gasteiger partial charge in [0, 0.05) is 41.6 Å². The highest BCUT2D eigenvalue weighted by molar-refractivity contribution is 6.40. The van der Waals surface area contributed by atoms with E-state index in [1.165, 1.54) is 0 Å². The number of anilines is 1. The predicted octanol–water partition coefficient (Wildman–Crippen LogP) is 5.10. The number of halogens is 2. The van der Waals surface area contributed by atoms with Crippen LogP contribution in [0.2, 0.25) is 10.0 Å². The van der Waals surface area contributed by atoms with E-state index >= 15 is 0 Å². The second kappa shape index (κ2) is 8.03. The molecule has 140 valence electrons. The Bertz CT molecular complexity index is 1010. The van der Waals surface area contributed by atoms with Crippen LogP contribution in [-0.4, -0.2) is 28.2 Å². The first-order valence-corrected chi connectivity index (χ1v) is 9.27. The fourth-order valence-electron chi connectivity index (χ4n) is 2.89. The third kappa shape index (κ3) is 4.26. The van der Waals surface area contributed by atoms with Crippen LogP contribution in [0.5, 0.6) is 0 Å². The molecule has 0 fully saturated rings. The summed E-state index contributed by atoms with van der Waals surface area (Å²) >= 11 is 12.4. The summed E-state index contributed by atoms with van der Waals surface area (Å²) in [5.74, 6) is -0.334. The molecule has 27 heavy (non-hydrogen) atoms. The summed E-state index contributed by atoms with van der Waals surface area (Å²) in [6.07, 6.45) is 0. The number of fused-ring (bicyclic) bond motifs is 1. The largest absolute Gasteiger partial charge is 0.349 e. The second-order valence-corrected chi connectivity index (χ2v) is 7.01. The highest BCUT2D eigenvalue weighted by Crippen LogP contribution is 2.30. The van der Waals surface area contributed by atoms with Gasteiger partial charge in [-0.25, -0.2) is 0 Å². The van der Waals surface area contributed by atoms with Crippen molar-refractivity contribution in [1.29, 1.82) is 0 Å². The van der Waals surface area contributed by atoms with E-state index in [0.29, 0.717) is 34.2 Å². The number of benzene rings is 2. The second-order valence-electron chi connectivity index (χ2n) is 6.19. The number of amides is 2. The van der Waals surface area contributed by atoms with Crippen molar-refractivity contribution in [2.75, 3.05) is 11.9 Å². The quantitative estimate of drug-likeness (QED) is 0.622. The molecule has 0 saturated carbocycles. The van der Waals surface area contributed by atoms with Crippen LogP contribution in [0.4, 0.5) is 5.69 Å². The molecular formula is C20H19Cl2N3O2. The van der Waals surface area contributed by atoms with E-state index in [-0.39, 0.29) is 17.5 Å². The lowest BCUT2D eigenvalue weighted by atomic mass is 10.2. The third-order valence-corrected chi connectivity index (χ3v) is 4.94. The van der Waals surface area contributed by atoms with Crippen molar-refractivity contribution in [3.8, 4) is 0 Å². The molecule has 0 aliphatic rings. The van der Waals surface area contributed by atoms with E-state index in [2.05, 4.69) is 10.3 Å². The number of nitrogens with one attached hydrogen (secondary N) is 2. The van der Waals surface area contributed by atoms with Gasteiger partial charge in [-0.3, -0.25) is 9.59 Å². The SMILES string of the molecule is CCN(Cc1cccc(NC(=O)c2[nH]c3ccc(Cl)cc3c2Cl)c1)C(C)=O. The van der Waals surface area contributed by atoms with E-state index < -0.39 is 0 Å². The van der Waals surface area contributed by atoms with Crippen molar-refractivity contribution in [1.82, 2.24) is 9.88 Å². The molecule has 0 radical (unpaired) electrons. The summed E-state index contributed by atoms with van der Waals surface area (Å²) < 4.78 is 0. The van der Waals surface area contributed by atoms with Gasteiger partial charge in [0.1, 0.15) is 5.69 Å². The Morgan fingerprint density at radius 3 is 2.63 bits per heavy atom. The van der Waals surface area contributed by atoms with Crippen LogP contribution in [0, 0.1) is 0 Å². The van der Waals surface area contributed by atoms with Gasteiger partial charge in [-0.05, 0) is 42.8 Å².